The Hall–Kier alpha value is -1.13. The van der Waals surface area contributed by atoms with Crippen LogP contribution in [-0.2, 0) is 0 Å². The van der Waals surface area contributed by atoms with Crippen LogP contribution in [0.25, 0.3) is 0 Å². The first-order valence-corrected chi connectivity index (χ1v) is 7.39. The topological polar surface area (TPSA) is 29.1 Å². The Balaban J connectivity index is 2.22. The fourth-order valence-corrected chi connectivity index (χ4v) is 2.73. The van der Waals surface area contributed by atoms with Crippen molar-refractivity contribution in [1.82, 2.24) is 0 Å². The molecule has 1 amide bonds. The Kier molecular flexibility index (Phi) is 4.42. The van der Waals surface area contributed by atoms with E-state index in [0.29, 0.717) is 5.56 Å². The molecule has 0 spiro atoms. The van der Waals surface area contributed by atoms with Gasteiger partial charge >= 0.3 is 0 Å². The molecule has 2 aromatic rings. The molecule has 0 aromatic heterocycles. The molecule has 0 heterocycles. The Bertz CT molecular complexity index is 618. The monoisotopic (exact) mass is 381 g/mol. The van der Waals surface area contributed by atoms with E-state index >= 15 is 0 Å². The largest absolute Gasteiger partial charge is 0.322 e. The highest BCUT2D eigenvalue weighted by Gasteiger charge is 2.08. The molecule has 2 aromatic carbocycles. The second kappa shape index (κ2) is 5.88. The number of hydrogen-bond donors (Lipinski definition) is 1. The normalized spacial score (nSPS) is 10.3. The van der Waals surface area contributed by atoms with Gasteiger partial charge in [-0.3, -0.25) is 4.79 Å². The molecule has 0 radical (unpaired) electrons. The second-order valence-corrected chi connectivity index (χ2v) is 6.21. The SMILES string of the molecule is Cc1cc(Br)cc(C(=O)Nc2ccc(C)c(Br)c2)c1. The summed E-state index contributed by atoms with van der Waals surface area (Å²) in [7, 11) is 0. The lowest BCUT2D eigenvalue weighted by atomic mass is 10.1. The summed E-state index contributed by atoms with van der Waals surface area (Å²) in [5, 5.41) is 2.89. The van der Waals surface area contributed by atoms with E-state index in [2.05, 4.69) is 37.2 Å². The van der Waals surface area contributed by atoms with Crippen LogP contribution < -0.4 is 5.32 Å². The number of rotatable bonds is 2. The number of anilines is 1. The maximum absolute atomic E-state index is 12.2. The van der Waals surface area contributed by atoms with Crippen LogP contribution in [0.1, 0.15) is 21.5 Å². The van der Waals surface area contributed by atoms with Crippen LogP contribution in [0.5, 0.6) is 0 Å². The van der Waals surface area contributed by atoms with E-state index < -0.39 is 0 Å². The van der Waals surface area contributed by atoms with Gasteiger partial charge in [-0.15, -0.1) is 0 Å². The van der Waals surface area contributed by atoms with Crippen molar-refractivity contribution in [1.29, 1.82) is 0 Å². The van der Waals surface area contributed by atoms with Crippen molar-refractivity contribution in [2.45, 2.75) is 13.8 Å². The van der Waals surface area contributed by atoms with Crippen LogP contribution in [0.4, 0.5) is 5.69 Å². The summed E-state index contributed by atoms with van der Waals surface area (Å²) in [6, 6.07) is 11.4. The van der Waals surface area contributed by atoms with Gasteiger partial charge < -0.3 is 5.32 Å². The zero-order chi connectivity index (χ0) is 14.0. The summed E-state index contributed by atoms with van der Waals surface area (Å²) in [4.78, 5) is 12.2. The first kappa shape index (κ1) is 14.3. The fourth-order valence-electron chi connectivity index (χ4n) is 1.74. The number of halogens is 2. The summed E-state index contributed by atoms with van der Waals surface area (Å²) in [5.41, 5.74) is 3.60. The van der Waals surface area contributed by atoms with Crippen LogP contribution in [0.15, 0.2) is 45.3 Å². The van der Waals surface area contributed by atoms with Crippen molar-refractivity contribution >= 4 is 43.5 Å². The average molecular weight is 383 g/mol. The zero-order valence-corrected chi connectivity index (χ0v) is 13.8. The van der Waals surface area contributed by atoms with Crippen LogP contribution in [0.3, 0.4) is 0 Å². The van der Waals surface area contributed by atoms with Crippen LogP contribution in [0.2, 0.25) is 0 Å². The number of carbonyl (C=O) groups is 1. The predicted octanol–water partition coefficient (Wildman–Crippen LogP) is 5.08. The van der Waals surface area contributed by atoms with Gasteiger partial charge in [0.2, 0.25) is 0 Å². The molecule has 0 aliphatic carbocycles. The molecule has 0 unspecified atom stereocenters. The molecule has 98 valence electrons. The van der Waals surface area contributed by atoms with Crippen LogP contribution in [0, 0.1) is 13.8 Å². The van der Waals surface area contributed by atoms with Crippen molar-refractivity contribution < 1.29 is 4.79 Å². The third-order valence-corrected chi connectivity index (χ3v) is 4.05. The molecule has 0 bridgehead atoms. The first-order chi connectivity index (χ1) is 8.95. The van der Waals surface area contributed by atoms with E-state index in [4.69, 9.17) is 0 Å². The minimum atomic E-state index is -0.111. The molecule has 1 N–H and O–H groups in total. The minimum Gasteiger partial charge on any atom is -0.322 e. The quantitative estimate of drug-likeness (QED) is 0.770. The number of aryl methyl sites for hydroxylation is 2. The van der Waals surface area contributed by atoms with Gasteiger partial charge in [-0.05, 0) is 55.3 Å². The zero-order valence-electron chi connectivity index (χ0n) is 10.6. The van der Waals surface area contributed by atoms with E-state index in [-0.39, 0.29) is 5.91 Å². The van der Waals surface area contributed by atoms with Gasteiger partial charge in [-0.1, -0.05) is 37.9 Å². The maximum atomic E-state index is 12.2. The minimum absolute atomic E-state index is 0.111. The van der Waals surface area contributed by atoms with Crippen molar-refractivity contribution in [2.75, 3.05) is 5.32 Å². The molecule has 2 nitrogen and oxygen atoms in total. The van der Waals surface area contributed by atoms with Gasteiger partial charge in [0.05, 0.1) is 0 Å². The van der Waals surface area contributed by atoms with Crippen molar-refractivity contribution in [3.63, 3.8) is 0 Å². The molecule has 19 heavy (non-hydrogen) atoms. The van der Waals surface area contributed by atoms with Crippen molar-refractivity contribution in [2.24, 2.45) is 0 Å². The Labute approximate surface area is 129 Å². The number of carbonyl (C=O) groups excluding carboxylic acids is 1. The Morgan fingerprint density at radius 1 is 1.05 bits per heavy atom. The highest BCUT2D eigenvalue weighted by molar-refractivity contribution is 9.10. The summed E-state index contributed by atoms with van der Waals surface area (Å²) < 4.78 is 1.89. The standard InChI is InChI=1S/C15H13Br2NO/c1-9-5-11(7-12(16)6-9)15(19)18-13-4-3-10(2)14(17)8-13/h3-8H,1-2H3,(H,18,19). The van der Waals surface area contributed by atoms with E-state index in [1.807, 2.05) is 50.2 Å². The fraction of sp³-hybridized carbons (Fsp3) is 0.133. The van der Waals surface area contributed by atoms with Gasteiger partial charge in [0.1, 0.15) is 0 Å². The highest BCUT2D eigenvalue weighted by Crippen LogP contribution is 2.22. The smallest absolute Gasteiger partial charge is 0.255 e. The van der Waals surface area contributed by atoms with Gasteiger partial charge in [0.15, 0.2) is 0 Å². The van der Waals surface area contributed by atoms with E-state index in [1.165, 1.54) is 0 Å². The average Bonchev–Trinajstić information content (AvgIpc) is 2.32. The molecular weight excluding hydrogens is 370 g/mol. The summed E-state index contributed by atoms with van der Waals surface area (Å²) in [6.45, 7) is 3.97. The first-order valence-electron chi connectivity index (χ1n) is 5.80. The van der Waals surface area contributed by atoms with Gasteiger partial charge in [0, 0.05) is 20.2 Å². The lowest BCUT2D eigenvalue weighted by Gasteiger charge is -2.08. The molecule has 0 saturated heterocycles. The van der Waals surface area contributed by atoms with Crippen molar-refractivity contribution in [3.8, 4) is 0 Å². The van der Waals surface area contributed by atoms with Crippen LogP contribution >= 0.6 is 31.9 Å². The maximum Gasteiger partial charge on any atom is 0.255 e. The molecular formula is C15H13Br2NO. The number of nitrogens with one attached hydrogen (secondary N) is 1. The second-order valence-electron chi connectivity index (χ2n) is 4.44. The molecule has 0 aliphatic rings. The summed E-state index contributed by atoms with van der Waals surface area (Å²) in [5.74, 6) is -0.111. The Morgan fingerprint density at radius 3 is 2.42 bits per heavy atom. The van der Waals surface area contributed by atoms with Crippen molar-refractivity contribution in [3.05, 3.63) is 62.0 Å². The highest BCUT2D eigenvalue weighted by atomic mass is 79.9. The molecule has 0 aliphatic heterocycles. The third kappa shape index (κ3) is 3.67. The van der Waals surface area contributed by atoms with E-state index in [1.54, 1.807) is 0 Å². The van der Waals surface area contributed by atoms with Gasteiger partial charge in [0.25, 0.3) is 5.91 Å². The predicted molar refractivity (Wildman–Crippen MR) is 85.7 cm³/mol. The van der Waals surface area contributed by atoms with Gasteiger partial charge in [-0.2, -0.15) is 0 Å². The number of hydrogen-bond acceptors (Lipinski definition) is 1. The lowest BCUT2D eigenvalue weighted by molar-refractivity contribution is 0.102. The molecule has 0 fully saturated rings. The van der Waals surface area contributed by atoms with E-state index in [0.717, 1.165) is 25.8 Å². The Morgan fingerprint density at radius 2 is 1.79 bits per heavy atom. The number of benzene rings is 2. The summed E-state index contributed by atoms with van der Waals surface area (Å²) in [6.07, 6.45) is 0. The molecule has 0 atom stereocenters. The van der Waals surface area contributed by atoms with Crippen LogP contribution in [-0.4, -0.2) is 5.91 Å². The number of amides is 1. The molecule has 4 heteroatoms. The molecule has 2 rings (SSSR count). The lowest BCUT2D eigenvalue weighted by Crippen LogP contribution is -2.12. The summed E-state index contributed by atoms with van der Waals surface area (Å²) >= 11 is 6.86. The molecule has 0 saturated carbocycles. The third-order valence-electron chi connectivity index (χ3n) is 2.73. The van der Waals surface area contributed by atoms with E-state index in [9.17, 15) is 4.79 Å². The van der Waals surface area contributed by atoms with Gasteiger partial charge in [-0.25, -0.2) is 0 Å².